The highest BCUT2D eigenvalue weighted by molar-refractivity contribution is 7.28. The summed E-state index contributed by atoms with van der Waals surface area (Å²) < 4.78 is 0. The van der Waals surface area contributed by atoms with Gasteiger partial charge in [0.1, 0.15) is 0 Å². The van der Waals surface area contributed by atoms with Gasteiger partial charge in [0, 0.05) is 0 Å². The predicted molar refractivity (Wildman–Crippen MR) is 58.2 cm³/mol. The van der Waals surface area contributed by atoms with Gasteiger partial charge in [-0.3, -0.25) is 0 Å². The lowest BCUT2D eigenvalue weighted by Crippen LogP contribution is -2.14. The highest BCUT2D eigenvalue weighted by Crippen LogP contribution is 2.31. The molecule has 1 unspecified atom stereocenters. The lowest BCUT2D eigenvalue weighted by Gasteiger charge is -2.13. The van der Waals surface area contributed by atoms with Crippen molar-refractivity contribution in [3.05, 3.63) is 5.56 Å². The third-order valence-corrected chi connectivity index (χ3v) is 2.71. The first-order chi connectivity index (χ1) is 5.46. The van der Waals surface area contributed by atoms with E-state index >= 15 is 0 Å². The van der Waals surface area contributed by atoms with Crippen LogP contribution >= 0.6 is 9.24 Å². The molecule has 1 aromatic rings. The van der Waals surface area contributed by atoms with E-state index in [9.17, 15) is 0 Å². The molecule has 0 aliphatic rings. The maximum absolute atomic E-state index is 5.68. The number of nitrogen functional groups attached to an aromatic ring is 4. The quantitative estimate of drug-likeness (QED) is 0.331. The Morgan fingerprint density at radius 3 is 1.75 bits per heavy atom. The van der Waals surface area contributed by atoms with Crippen LogP contribution in [0.1, 0.15) is 5.56 Å². The lowest BCUT2D eigenvalue weighted by atomic mass is 10.1. The Kier molecular flexibility index (Phi) is 2.02. The molecule has 12 heavy (non-hydrogen) atoms. The van der Waals surface area contributed by atoms with Crippen molar-refractivity contribution in [1.82, 2.24) is 0 Å². The molecule has 66 valence electrons. The van der Waals surface area contributed by atoms with E-state index in [0.29, 0.717) is 22.7 Å². The Labute approximate surface area is 73.5 Å². The van der Waals surface area contributed by atoms with Gasteiger partial charge < -0.3 is 22.9 Å². The predicted octanol–water partition coefficient (Wildman–Crippen LogP) is -0.176. The summed E-state index contributed by atoms with van der Waals surface area (Å²) >= 11 is 0. The summed E-state index contributed by atoms with van der Waals surface area (Å²) in [7, 11) is 2.50. The number of anilines is 4. The van der Waals surface area contributed by atoms with Crippen molar-refractivity contribution in [1.29, 1.82) is 0 Å². The molecule has 0 saturated heterocycles. The SMILES string of the molecule is Cc1c(N)c(N)c(N)c(N)c1P. The van der Waals surface area contributed by atoms with Gasteiger partial charge in [-0.1, -0.05) is 0 Å². The summed E-state index contributed by atoms with van der Waals surface area (Å²) in [6.45, 7) is 1.85. The van der Waals surface area contributed by atoms with Crippen LogP contribution in [0.3, 0.4) is 0 Å². The maximum Gasteiger partial charge on any atom is 0.0809 e. The summed E-state index contributed by atoms with van der Waals surface area (Å²) in [6.07, 6.45) is 0. The third kappa shape index (κ3) is 1.04. The average Bonchev–Trinajstić information content (AvgIpc) is 2.08. The van der Waals surface area contributed by atoms with Gasteiger partial charge in [-0.05, 0) is 17.8 Å². The number of hydrogen-bond acceptors (Lipinski definition) is 4. The van der Waals surface area contributed by atoms with Crippen LogP contribution < -0.4 is 28.2 Å². The molecule has 0 radical (unpaired) electrons. The van der Waals surface area contributed by atoms with Gasteiger partial charge in [0.2, 0.25) is 0 Å². The molecule has 0 amide bonds. The van der Waals surface area contributed by atoms with E-state index in [1.54, 1.807) is 0 Å². The second-order valence-corrected chi connectivity index (χ2v) is 3.27. The summed E-state index contributed by atoms with van der Waals surface area (Å²) in [5, 5.41) is 0.819. The van der Waals surface area contributed by atoms with Crippen LogP contribution in [-0.2, 0) is 0 Å². The van der Waals surface area contributed by atoms with Crippen molar-refractivity contribution in [2.45, 2.75) is 6.92 Å². The molecule has 8 N–H and O–H groups in total. The molecule has 1 aromatic carbocycles. The highest BCUT2D eigenvalue weighted by atomic mass is 31.0. The molecular formula is C7H13N4P. The van der Waals surface area contributed by atoms with Gasteiger partial charge in [0.25, 0.3) is 0 Å². The summed E-state index contributed by atoms with van der Waals surface area (Å²) in [5.41, 5.74) is 25.2. The van der Waals surface area contributed by atoms with Crippen LogP contribution in [0.15, 0.2) is 0 Å². The van der Waals surface area contributed by atoms with Crippen LogP contribution in [0.25, 0.3) is 0 Å². The van der Waals surface area contributed by atoms with Gasteiger partial charge in [-0.25, -0.2) is 0 Å². The van der Waals surface area contributed by atoms with E-state index in [1.165, 1.54) is 0 Å². The highest BCUT2D eigenvalue weighted by Gasteiger charge is 2.11. The van der Waals surface area contributed by atoms with Gasteiger partial charge in [0.05, 0.1) is 22.7 Å². The summed E-state index contributed by atoms with van der Waals surface area (Å²) in [5.74, 6) is 0. The monoisotopic (exact) mass is 184 g/mol. The third-order valence-electron chi connectivity index (χ3n) is 1.97. The van der Waals surface area contributed by atoms with Gasteiger partial charge in [-0.2, -0.15) is 0 Å². The zero-order valence-corrected chi connectivity index (χ0v) is 8.04. The van der Waals surface area contributed by atoms with E-state index in [1.807, 2.05) is 6.92 Å². The van der Waals surface area contributed by atoms with Gasteiger partial charge in [-0.15, -0.1) is 9.24 Å². The zero-order chi connectivity index (χ0) is 9.46. The van der Waals surface area contributed by atoms with E-state index in [-0.39, 0.29) is 0 Å². The van der Waals surface area contributed by atoms with Crippen LogP contribution in [0, 0.1) is 6.92 Å². The van der Waals surface area contributed by atoms with Crippen LogP contribution in [0.4, 0.5) is 22.7 Å². The standard InChI is InChI=1S/C7H13N4P/c1-2-3(8)4(9)5(10)6(11)7(2)12/h8-12H2,1H3. The molecule has 4 nitrogen and oxygen atoms in total. The van der Waals surface area contributed by atoms with Crippen LogP contribution in [0.5, 0.6) is 0 Å². The average molecular weight is 184 g/mol. The van der Waals surface area contributed by atoms with E-state index in [0.717, 1.165) is 10.9 Å². The Morgan fingerprint density at radius 1 is 0.833 bits per heavy atom. The molecule has 0 spiro atoms. The molecular weight excluding hydrogens is 171 g/mol. The van der Waals surface area contributed by atoms with E-state index in [2.05, 4.69) is 9.24 Å². The fourth-order valence-electron chi connectivity index (χ4n) is 0.984. The van der Waals surface area contributed by atoms with E-state index in [4.69, 9.17) is 22.9 Å². The fourth-order valence-corrected chi connectivity index (χ4v) is 1.30. The molecule has 0 saturated carbocycles. The first-order valence-corrected chi connectivity index (χ1v) is 4.02. The fraction of sp³-hybridized carbons (Fsp3) is 0.143. The molecule has 0 bridgehead atoms. The molecule has 0 aliphatic heterocycles. The first kappa shape index (κ1) is 8.94. The molecule has 1 rings (SSSR count). The maximum atomic E-state index is 5.68. The smallest absolute Gasteiger partial charge is 0.0809 e. The van der Waals surface area contributed by atoms with Crippen molar-refractivity contribution in [3.8, 4) is 0 Å². The number of benzene rings is 1. The minimum atomic E-state index is 0.364. The van der Waals surface area contributed by atoms with Crippen molar-refractivity contribution in [3.63, 3.8) is 0 Å². The lowest BCUT2D eigenvalue weighted by molar-refractivity contribution is 1.51. The largest absolute Gasteiger partial charge is 0.397 e. The Balaban J connectivity index is 3.60. The second kappa shape index (κ2) is 2.72. The van der Waals surface area contributed by atoms with Crippen LogP contribution in [-0.4, -0.2) is 0 Å². The zero-order valence-electron chi connectivity index (χ0n) is 6.89. The molecule has 0 fully saturated rings. The minimum Gasteiger partial charge on any atom is -0.397 e. The van der Waals surface area contributed by atoms with Crippen molar-refractivity contribution >= 4 is 37.3 Å². The molecule has 0 aliphatic carbocycles. The Morgan fingerprint density at radius 2 is 1.25 bits per heavy atom. The van der Waals surface area contributed by atoms with Crippen LogP contribution in [0.2, 0.25) is 0 Å². The van der Waals surface area contributed by atoms with Gasteiger partial charge in [0.15, 0.2) is 0 Å². The first-order valence-electron chi connectivity index (χ1n) is 3.44. The van der Waals surface area contributed by atoms with Gasteiger partial charge >= 0.3 is 0 Å². The van der Waals surface area contributed by atoms with Crippen molar-refractivity contribution < 1.29 is 0 Å². The topological polar surface area (TPSA) is 104 Å². The number of nitrogens with two attached hydrogens (primary N) is 4. The Bertz CT molecular complexity index is 230. The molecule has 0 heterocycles. The molecule has 5 heteroatoms. The Hall–Kier alpha value is -1.15. The van der Waals surface area contributed by atoms with Crippen molar-refractivity contribution in [2.75, 3.05) is 22.9 Å². The summed E-state index contributed by atoms with van der Waals surface area (Å²) in [4.78, 5) is 0. The molecule has 0 aromatic heterocycles. The normalized spacial score (nSPS) is 10.2. The summed E-state index contributed by atoms with van der Waals surface area (Å²) in [6, 6.07) is 0. The van der Waals surface area contributed by atoms with Crippen molar-refractivity contribution in [2.24, 2.45) is 0 Å². The van der Waals surface area contributed by atoms with E-state index < -0.39 is 0 Å². The molecule has 1 atom stereocenters. The second-order valence-electron chi connectivity index (χ2n) is 2.69. The number of hydrogen-bond donors (Lipinski definition) is 4. The number of rotatable bonds is 0. The minimum absolute atomic E-state index is 0.364.